The zero-order valence-electron chi connectivity index (χ0n) is 11.4. The smallest absolute Gasteiger partial charge is 0.356 e. The number of carboxylic acid groups (broad SMARTS) is 1. The van der Waals surface area contributed by atoms with Crippen LogP contribution in [0.2, 0.25) is 0 Å². The number of hydrogen-bond donors (Lipinski definition) is 3. The molecule has 0 bridgehead atoms. The van der Waals surface area contributed by atoms with Crippen LogP contribution in [0.25, 0.3) is 0 Å². The summed E-state index contributed by atoms with van der Waals surface area (Å²) < 4.78 is 3.30. The van der Waals surface area contributed by atoms with E-state index in [9.17, 15) is 9.59 Å². The number of nitrogens with one attached hydrogen (secondary N) is 2. The Morgan fingerprint density at radius 3 is 2.76 bits per heavy atom. The van der Waals surface area contributed by atoms with E-state index in [1.165, 1.54) is 12.5 Å². The van der Waals surface area contributed by atoms with Crippen molar-refractivity contribution in [3.8, 4) is 0 Å². The molecule has 0 aromatic carbocycles. The first kappa shape index (κ1) is 14.5. The molecular formula is C11H15N7O3. The van der Waals surface area contributed by atoms with Crippen LogP contribution in [0.15, 0.2) is 18.9 Å². The van der Waals surface area contributed by atoms with Crippen molar-refractivity contribution in [2.24, 2.45) is 7.05 Å². The number of aryl methyl sites for hydroxylation is 1. The van der Waals surface area contributed by atoms with Crippen LogP contribution in [0, 0.1) is 0 Å². The van der Waals surface area contributed by atoms with Crippen molar-refractivity contribution in [1.29, 1.82) is 0 Å². The van der Waals surface area contributed by atoms with Crippen LogP contribution in [0.3, 0.4) is 0 Å². The standard InChI is InChI=1S/C11H15N7O3/c1-17-7-15-16-9(17)4-13-11(21)12-2-3-18-5-8(10(19)20)14-6-18/h5-7H,2-4H2,1H3,(H,19,20)(H2,12,13,21). The lowest BCUT2D eigenvalue weighted by atomic mass is 10.5. The molecule has 10 nitrogen and oxygen atoms in total. The van der Waals surface area contributed by atoms with E-state index >= 15 is 0 Å². The number of aromatic nitrogens is 5. The van der Waals surface area contributed by atoms with Crippen LogP contribution in [0.1, 0.15) is 16.3 Å². The highest BCUT2D eigenvalue weighted by atomic mass is 16.4. The van der Waals surface area contributed by atoms with E-state index < -0.39 is 5.97 Å². The Morgan fingerprint density at radius 2 is 2.14 bits per heavy atom. The second kappa shape index (κ2) is 6.50. The molecule has 0 fully saturated rings. The van der Waals surface area contributed by atoms with E-state index in [4.69, 9.17) is 5.11 Å². The van der Waals surface area contributed by atoms with Crippen molar-refractivity contribution in [1.82, 2.24) is 34.9 Å². The molecule has 2 heterocycles. The number of carbonyl (C=O) groups is 2. The fraction of sp³-hybridized carbons (Fsp3) is 0.364. The highest BCUT2D eigenvalue weighted by molar-refractivity contribution is 5.84. The summed E-state index contributed by atoms with van der Waals surface area (Å²) in [6.07, 6.45) is 4.36. The maximum absolute atomic E-state index is 11.6. The summed E-state index contributed by atoms with van der Waals surface area (Å²) >= 11 is 0. The molecule has 21 heavy (non-hydrogen) atoms. The van der Waals surface area contributed by atoms with E-state index in [1.807, 2.05) is 0 Å². The number of carboxylic acids is 1. The number of carbonyl (C=O) groups excluding carboxylic acids is 1. The normalized spacial score (nSPS) is 10.3. The minimum atomic E-state index is -1.08. The summed E-state index contributed by atoms with van der Waals surface area (Å²) in [5, 5.41) is 21.6. The van der Waals surface area contributed by atoms with Crippen LogP contribution in [-0.2, 0) is 20.1 Å². The molecule has 10 heteroatoms. The topological polar surface area (TPSA) is 127 Å². The molecule has 112 valence electrons. The minimum Gasteiger partial charge on any atom is -0.476 e. The lowest BCUT2D eigenvalue weighted by Crippen LogP contribution is -2.37. The van der Waals surface area contributed by atoms with Gasteiger partial charge < -0.3 is 24.9 Å². The van der Waals surface area contributed by atoms with Crippen LogP contribution >= 0.6 is 0 Å². The van der Waals surface area contributed by atoms with Gasteiger partial charge in [0.25, 0.3) is 0 Å². The van der Waals surface area contributed by atoms with Gasteiger partial charge >= 0.3 is 12.0 Å². The second-order valence-electron chi connectivity index (χ2n) is 4.27. The number of rotatable bonds is 6. The summed E-state index contributed by atoms with van der Waals surface area (Å²) in [4.78, 5) is 25.9. The summed E-state index contributed by atoms with van der Waals surface area (Å²) in [7, 11) is 1.79. The predicted octanol–water partition coefficient (Wildman–Crippen LogP) is -0.791. The van der Waals surface area contributed by atoms with Crippen LogP contribution in [0.5, 0.6) is 0 Å². The fourth-order valence-electron chi connectivity index (χ4n) is 1.58. The van der Waals surface area contributed by atoms with Crippen molar-refractivity contribution >= 4 is 12.0 Å². The van der Waals surface area contributed by atoms with E-state index in [-0.39, 0.29) is 18.3 Å². The highest BCUT2D eigenvalue weighted by Gasteiger charge is 2.07. The maximum atomic E-state index is 11.6. The molecule has 0 atom stereocenters. The summed E-state index contributed by atoms with van der Waals surface area (Å²) in [6, 6.07) is -0.337. The third-order valence-corrected chi connectivity index (χ3v) is 2.72. The molecule has 0 saturated carbocycles. The van der Waals surface area contributed by atoms with Gasteiger partial charge in [-0.05, 0) is 0 Å². The van der Waals surface area contributed by atoms with E-state index in [0.717, 1.165) is 0 Å². The quantitative estimate of drug-likeness (QED) is 0.640. The summed E-state index contributed by atoms with van der Waals surface area (Å²) in [5.74, 6) is -0.436. The molecule has 0 aliphatic carbocycles. The molecule has 0 radical (unpaired) electrons. The van der Waals surface area contributed by atoms with Gasteiger partial charge in [-0.15, -0.1) is 10.2 Å². The third-order valence-electron chi connectivity index (χ3n) is 2.72. The lowest BCUT2D eigenvalue weighted by Gasteiger charge is -2.07. The molecule has 2 aromatic rings. The summed E-state index contributed by atoms with van der Waals surface area (Å²) in [6.45, 7) is 1.05. The zero-order chi connectivity index (χ0) is 15.2. The number of urea groups is 1. The molecule has 0 saturated heterocycles. The number of amides is 2. The van der Waals surface area contributed by atoms with Gasteiger partial charge in [0.1, 0.15) is 6.33 Å². The third kappa shape index (κ3) is 4.03. The molecule has 2 rings (SSSR count). The van der Waals surface area contributed by atoms with Crippen molar-refractivity contribution in [2.45, 2.75) is 13.1 Å². The van der Waals surface area contributed by atoms with Crippen LogP contribution in [0.4, 0.5) is 4.79 Å². The Hall–Kier alpha value is -2.91. The molecule has 2 amide bonds. The van der Waals surface area contributed by atoms with Crippen LogP contribution in [-0.4, -0.2) is 48.0 Å². The molecule has 0 aliphatic rings. The van der Waals surface area contributed by atoms with Gasteiger partial charge in [0.05, 0.1) is 12.9 Å². The van der Waals surface area contributed by atoms with Crippen molar-refractivity contribution in [3.63, 3.8) is 0 Å². The van der Waals surface area contributed by atoms with Crippen molar-refractivity contribution < 1.29 is 14.7 Å². The van der Waals surface area contributed by atoms with Gasteiger partial charge in [0.15, 0.2) is 11.5 Å². The first-order valence-corrected chi connectivity index (χ1v) is 6.16. The number of aromatic carboxylic acids is 1. The molecule has 2 aromatic heterocycles. The van der Waals surface area contributed by atoms with Gasteiger partial charge in [-0.1, -0.05) is 0 Å². The molecule has 0 unspecified atom stereocenters. The van der Waals surface area contributed by atoms with Crippen LogP contribution < -0.4 is 10.6 Å². The lowest BCUT2D eigenvalue weighted by molar-refractivity contribution is 0.0691. The van der Waals surface area contributed by atoms with E-state index in [0.29, 0.717) is 18.9 Å². The Bertz CT molecular complexity index is 633. The fourth-order valence-corrected chi connectivity index (χ4v) is 1.58. The van der Waals surface area contributed by atoms with Gasteiger partial charge in [-0.2, -0.15) is 0 Å². The molecule has 0 aliphatic heterocycles. The van der Waals surface area contributed by atoms with Gasteiger partial charge in [0.2, 0.25) is 0 Å². The monoisotopic (exact) mass is 293 g/mol. The Kier molecular flexibility index (Phi) is 4.49. The molecule has 0 spiro atoms. The highest BCUT2D eigenvalue weighted by Crippen LogP contribution is 1.95. The Labute approximate surface area is 119 Å². The average molecular weight is 293 g/mol. The zero-order valence-corrected chi connectivity index (χ0v) is 11.4. The SMILES string of the molecule is Cn1cnnc1CNC(=O)NCCn1cnc(C(=O)O)c1. The maximum Gasteiger partial charge on any atom is 0.356 e. The van der Waals surface area contributed by atoms with Gasteiger partial charge in [0, 0.05) is 26.3 Å². The van der Waals surface area contributed by atoms with Crippen molar-refractivity contribution in [3.05, 3.63) is 30.4 Å². The minimum absolute atomic E-state index is 0.0262. The first-order valence-electron chi connectivity index (χ1n) is 6.16. The predicted molar refractivity (Wildman–Crippen MR) is 70.4 cm³/mol. The first-order chi connectivity index (χ1) is 10.1. The van der Waals surface area contributed by atoms with E-state index in [1.54, 1.807) is 22.5 Å². The number of nitrogens with zero attached hydrogens (tertiary/aromatic N) is 5. The Morgan fingerprint density at radius 1 is 1.33 bits per heavy atom. The average Bonchev–Trinajstić information content (AvgIpc) is 3.06. The molecule has 3 N–H and O–H groups in total. The van der Waals surface area contributed by atoms with Crippen molar-refractivity contribution in [2.75, 3.05) is 6.54 Å². The molecular weight excluding hydrogens is 278 g/mol. The Balaban J connectivity index is 1.69. The summed E-state index contributed by atoms with van der Waals surface area (Å²) in [5.41, 5.74) is -0.0262. The number of imidazole rings is 1. The van der Waals surface area contributed by atoms with Gasteiger partial charge in [-0.25, -0.2) is 14.6 Å². The van der Waals surface area contributed by atoms with Gasteiger partial charge in [-0.3, -0.25) is 0 Å². The second-order valence-corrected chi connectivity index (χ2v) is 4.27. The largest absolute Gasteiger partial charge is 0.476 e. The number of hydrogen-bond acceptors (Lipinski definition) is 5. The van der Waals surface area contributed by atoms with E-state index in [2.05, 4.69) is 25.8 Å².